The van der Waals surface area contributed by atoms with Crippen molar-refractivity contribution in [2.45, 2.75) is 13.0 Å². The largest absolute Gasteiger partial charge is 0.304 e. The molecule has 2 rings (SSSR count). The van der Waals surface area contributed by atoms with Gasteiger partial charge in [-0.25, -0.2) is 13.1 Å². The van der Waals surface area contributed by atoms with Crippen LogP contribution in [0.2, 0.25) is 0 Å². The first-order chi connectivity index (χ1) is 10.00. The van der Waals surface area contributed by atoms with Crippen LogP contribution in [0.3, 0.4) is 0 Å². The zero-order valence-electron chi connectivity index (χ0n) is 12.8. The van der Waals surface area contributed by atoms with Crippen molar-refractivity contribution >= 4 is 10.0 Å². The molecule has 0 amide bonds. The molecule has 5 nitrogen and oxygen atoms in total. The van der Waals surface area contributed by atoms with E-state index in [2.05, 4.69) is 21.6 Å². The van der Waals surface area contributed by atoms with E-state index < -0.39 is 10.0 Å². The summed E-state index contributed by atoms with van der Waals surface area (Å²) in [5.41, 5.74) is 1.02. The highest BCUT2D eigenvalue weighted by atomic mass is 32.2. The maximum atomic E-state index is 11.9. The predicted molar refractivity (Wildman–Crippen MR) is 85.7 cm³/mol. The number of likely N-dealkylation sites (N-methyl/N-ethyl adjacent to an activating group) is 1. The second-order valence-electron chi connectivity index (χ2n) is 5.59. The first-order valence-electron chi connectivity index (χ1n) is 7.46. The predicted octanol–water partition coefficient (Wildman–Crippen LogP) is 0.914. The van der Waals surface area contributed by atoms with Gasteiger partial charge in [0.15, 0.2) is 0 Å². The maximum absolute atomic E-state index is 11.9. The van der Waals surface area contributed by atoms with Gasteiger partial charge in [-0.1, -0.05) is 30.3 Å². The van der Waals surface area contributed by atoms with Crippen molar-refractivity contribution in [1.29, 1.82) is 0 Å². The molecule has 0 spiro atoms. The SMILES string of the molecule is CCS(=O)(=O)N[C@H](CN1CCN(C)CC1)c1ccccc1. The number of sulfonamides is 1. The molecular formula is C15H25N3O2S. The smallest absolute Gasteiger partial charge is 0.211 e. The summed E-state index contributed by atoms with van der Waals surface area (Å²) in [5.74, 6) is 0.110. The molecule has 118 valence electrons. The van der Waals surface area contributed by atoms with Gasteiger partial charge >= 0.3 is 0 Å². The lowest BCUT2D eigenvalue weighted by Crippen LogP contribution is -2.48. The summed E-state index contributed by atoms with van der Waals surface area (Å²) < 4.78 is 26.7. The minimum absolute atomic E-state index is 0.110. The molecule has 6 heteroatoms. The molecular weight excluding hydrogens is 286 g/mol. The quantitative estimate of drug-likeness (QED) is 0.849. The Bertz CT molecular complexity index is 525. The lowest BCUT2D eigenvalue weighted by molar-refractivity contribution is 0.145. The average molecular weight is 311 g/mol. The Morgan fingerprint density at radius 3 is 2.33 bits per heavy atom. The second kappa shape index (κ2) is 7.35. The molecule has 1 aromatic rings. The van der Waals surface area contributed by atoms with Gasteiger partial charge in [-0.15, -0.1) is 0 Å². The Balaban J connectivity index is 2.09. The summed E-state index contributed by atoms with van der Waals surface area (Å²) in [4.78, 5) is 4.63. The molecule has 1 atom stereocenters. The molecule has 1 aliphatic rings. The molecule has 21 heavy (non-hydrogen) atoms. The fourth-order valence-electron chi connectivity index (χ4n) is 2.48. The van der Waals surface area contributed by atoms with Gasteiger partial charge in [0.05, 0.1) is 11.8 Å². The van der Waals surface area contributed by atoms with Gasteiger partial charge in [0.25, 0.3) is 0 Å². The number of piperazine rings is 1. The van der Waals surface area contributed by atoms with Crippen LogP contribution in [-0.2, 0) is 10.0 Å². The Hall–Kier alpha value is -0.950. The Morgan fingerprint density at radius 1 is 1.14 bits per heavy atom. The molecule has 1 aromatic carbocycles. The number of rotatable bonds is 6. The lowest BCUT2D eigenvalue weighted by atomic mass is 10.1. The molecule has 1 fully saturated rings. The van der Waals surface area contributed by atoms with Crippen LogP contribution < -0.4 is 4.72 Å². The van der Waals surface area contributed by atoms with Gasteiger partial charge in [0.1, 0.15) is 0 Å². The van der Waals surface area contributed by atoms with Crippen LogP contribution in [-0.4, -0.2) is 63.7 Å². The average Bonchev–Trinajstić information content (AvgIpc) is 2.49. The third-order valence-corrected chi connectivity index (χ3v) is 5.34. The molecule has 0 aromatic heterocycles. The second-order valence-corrected chi connectivity index (χ2v) is 7.63. The fourth-order valence-corrected chi connectivity index (χ4v) is 3.30. The number of benzene rings is 1. The lowest BCUT2D eigenvalue weighted by Gasteiger charge is -2.34. The highest BCUT2D eigenvalue weighted by Crippen LogP contribution is 2.16. The summed E-state index contributed by atoms with van der Waals surface area (Å²) in [6, 6.07) is 9.64. The minimum atomic E-state index is -3.22. The van der Waals surface area contributed by atoms with Crippen molar-refractivity contribution in [3.8, 4) is 0 Å². The third kappa shape index (κ3) is 5.07. The summed E-state index contributed by atoms with van der Waals surface area (Å²) in [5, 5.41) is 0. The van der Waals surface area contributed by atoms with E-state index in [0.29, 0.717) is 0 Å². The van der Waals surface area contributed by atoms with Crippen molar-refractivity contribution in [2.75, 3.05) is 45.5 Å². The molecule has 1 N–H and O–H groups in total. The molecule has 0 saturated carbocycles. The number of hydrogen-bond acceptors (Lipinski definition) is 4. The zero-order valence-corrected chi connectivity index (χ0v) is 13.6. The van der Waals surface area contributed by atoms with Crippen molar-refractivity contribution in [1.82, 2.24) is 14.5 Å². The summed E-state index contributed by atoms with van der Waals surface area (Å²) in [6.45, 7) is 6.41. The number of nitrogens with zero attached hydrogens (tertiary/aromatic N) is 2. The van der Waals surface area contributed by atoms with E-state index in [1.165, 1.54) is 0 Å². The molecule has 0 unspecified atom stereocenters. The monoisotopic (exact) mass is 311 g/mol. The summed E-state index contributed by atoms with van der Waals surface area (Å²) in [6.07, 6.45) is 0. The van der Waals surface area contributed by atoms with E-state index in [0.717, 1.165) is 38.3 Å². The van der Waals surface area contributed by atoms with Gasteiger partial charge in [-0.05, 0) is 19.5 Å². The highest BCUT2D eigenvalue weighted by molar-refractivity contribution is 7.89. The maximum Gasteiger partial charge on any atom is 0.211 e. The van der Waals surface area contributed by atoms with Gasteiger partial charge in [0.2, 0.25) is 10.0 Å². The van der Waals surface area contributed by atoms with Gasteiger partial charge in [0, 0.05) is 32.7 Å². The van der Waals surface area contributed by atoms with E-state index in [4.69, 9.17) is 0 Å². The normalized spacial score (nSPS) is 19.5. The van der Waals surface area contributed by atoms with Crippen LogP contribution in [0.4, 0.5) is 0 Å². The van der Waals surface area contributed by atoms with Crippen LogP contribution in [0.15, 0.2) is 30.3 Å². The third-order valence-electron chi connectivity index (χ3n) is 3.94. The summed E-state index contributed by atoms with van der Waals surface area (Å²) >= 11 is 0. The van der Waals surface area contributed by atoms with Crippen LogP contribution in [0.1, 0.15) is 18.5 Å². The number of nitrogens with one attached hydrogen (secondary N) is 1. The van der Waals surface area contributed by atoms with E-state index in [-0.39, 0.29) is 11.8 Å². The van der Waals surface area contributed by atoms with Gasteiger partial charge in [-0.3, -0.25) is 4.90 Å². The van der Waals surface area contributed by atoms with Crippen LogP contribution in [0.25, 0.3) is 0 Å². The first-order valence-corrected chi connectivity index (χ1v) is 9.11. The molecule has 0 aliphatic carbocycles. The highest BCUT2D eigenvalue weighted by Gasteiger charge is 2.22. The van der Waals surface area contributed by atoms with Crippen molar-refractivity contribution in [3.63, 3.8) is 0 Å². The standard InChI is InChI=1S/C15H25N3O2S/c1-3-21(19,20)16-15(14-7-5-4-6-8-14)13-18-11-9-17(2)10-12-18/h4-8,15-16H,3,9-13H2,1-2H3/t15-/m1/s1. The molecule has 1 heterocycles. The summed E-state index contributed by atoms with van der Waals surface area (Å²) in [7, 11) is -1.10. The van der Waals surface area contributed by atoms with Crippen molar-refractivity contribution in [2.24, 2.45) is 0 Å². The zero-order chi connectivity index (χ0) is 15.3. The molecule has 1 saturated heterocycles. The minimum Gasteiger partial charge on any atom is -0.304 e. The van der Waals surface area contributed by atoms with Gasteiger partial charge < -0.3 is 4.90 Å². The van der Waals surface area contributed by atoms with Crippen LogP contribution in [0.5, 0.6) is 0 Å². The first kappa shape index (κ1) is 16.4. The van der Waals surface area contributed by atoms with E-state index in [9.17, 15) is 8.42 Å². The van der Waals surface area contributed by atoms with Gasteiger partial charge in [-0.2, -0.15) is 0 Å². The van der Waals surface area contributed by atoms with Crippen molar-refractivity contribution < 1.29 is 8.42 Å². The molecule has 0 bridgehead atoms. The Labute approximate surface area is 128 Å². The van der Waals surface area contributed by atoms with Crippen LogP contribution >= 0.6 is 0 Å². The topological polar surface area (TPSA) is 52.7 Å². The van der Waals surface area contributed by atoms with E-state index >= 15 is 0 Å². The van der Waals surface area contributed by atoms with Crippen LogP contribution in [0, 0.1) is 0 Å². The van der Waals surface area contributed by atoms with E-state index in [1.807, 2.05) is 30.3 Å². The fraction of sp³-hybridized carbons (Fsp3) is 0.600. The Kier molecular flexibility index (Phi) is 5.75. The number of hydrogen-bond donors (Lipinski definition) is 1. The molecule has 0 radical (unpaired) electrons. The van der Waals surface area contributed by atoms with E-state index in [1.54, 1.807) is 6.92 Å². The molecule has 1 aliphatic heterocycles. The Morgan fingerprint density at radius 2 is 1.76 bits per heavy atom. The van der Waals surface area contributed by atoms with Crippen molar-refractivity contribution in [3.05, 3.63) is 35.9 Å².